The Labute approximate surface area is 202 Å². The van der Waals surface area contributed by atoms with Gasteiger partial charge in [-0.2, -0.15) is 0 Å². The van der Waals surface area contributed by atoms with Crippen LogP contribution in [0.1, 0.15) is 52.0 Å². The van der Waals surface area contributed by atoms with E-state index in [1.807, 2.05) is 31.2 Å². The molecule has 4 rings (SSSR count). The Morgan fingerprint density at radius 2 is 1.53 bits per heavy atom. The Hall–Kier alpha value is -2.71. The number of anilines is 1. The normalized spacial score (nSPS) is 17.4. The van der Waals surface area contributed by atoms with E-state index in [-0.39, 0.29) is 22.5 Å². The van der Waals surface area contributed by atoms with Crippen molar-refractivity contribution in [3.05, 3.63) is 59.2 Å². The number of carbonyl (C=O) groups is 2. The van der Waals surface area contributed by atoms with Crippen molar-refractivity contribution in [3.8, 4) is 0 Å². The number of hydrogen-bond donors (Lipinski definition) is 0. The summed E-state index contributed by atoms with van der Waals surface area (Å²) in [5.74, 6) is -0.145. The van der Waals surface area contributed by atoms with Crippen LogP contribution >= 0.6 is 0 Å². The molecule has 2 aliphatic rings. The topological polar surface area (TPSA) is 78.0 Å². The van der Waals surface area contributed by atoms with Gasteiger partial charge in [0.15, 0.2) is 5.78 Å². The number of benzene rings is 2. The zero-order valence-corrected chi connectivity index (χ0v) is 21.0. The molecule has 7 nitrogen and oxygen atoms in total. The van der Waals surface area contributed by atoms with Gasteiger partial charge in [0.2, 0.25) is 10.0 Å². The molecule has 0 radical (unpaired) electrons. The largest absolute Gasteiger partial charge is 0.371 e. The van der Waals surface area contributed by atoms with Gasteiger partial charge in [0.1, 0.15) is 0 Å². The van der Waals surface area contributed by atoms with Crippen LogP contribution in [-0.2, 0) is 10.0 Å². The summed E-state index contributed by atoms with van der Waals surface area (Å²) in [7, 11) is -0.684. The minimum atomic E-state index is -3.66. The van der Waals surface area contributed by atoms with E-state index >= 15 is 0 Å². The van der Waals surface area contributed by atoms with E-state index < -0.39 is 10.0 Å². The molecule has 0 bridgehead atoms. The van der Waals surface area contributed by atoms with E-state index in [1.54, 1.807) is 17.0 Å². The first-order valence-electron chi connectivity index (χ1n) is 11.9. The second-order valence-electron chi connectivity index (χ2n) is 9.46. The molecule has 0 saturated carbocycles. The van der Waals surface area contributed by atoms with Gasteiger partial charge >= 0.3 is 0 Å². The molecule has 2 saturated heterocycles. The molecule has 34 heavy (non-hydrogen) atoms. The molecule has 2 aliphatic heterocycles. The highest BCUT2D eigenvalue weighted by Gasteiger charge is 2.31. The molecule has 0 N–H and O–H groups in total. The second kappa shape index (κ2) is 9.88. The first kappa shape index (κ1) is 24.4. The smallest absolute Gasteiger partial charge is 0.256 e. The fourth-order valence-electron chi connectivity index (χ4n) is 4.76. The van der Waals surface area contributed by atoms with Gasteiger partial charge in [-0.1, -0.05) is 29.8 Å². The molecule has 2 heterocycles. The fraction of sp³-hybridized carbons (Fsp3) is 0.462. The van der Waals surface area contributed by atoms with E-state index in [1.165, 1.54) is 20.2 Å². The van der Waals surface area contributed by atoms with Gasteiger partial charge in [0, 0.05) is 57.4 Å². The highest BCUT2D eigenvalue weighted by atomic mass is 32.2. The third-order valence-electron chi connectivity index (χ3n) is 6.91. The Kier molecular flexibility index (Phi) is 7.09. The number of hydrogen-bond acceptors (Lipinski definition) is 5. The number of carbonyl (C=O) groups excluding carboxylic acids is 2. The lowest BCUT2D eigenvalue weighted by molar-refractivity contribution is 0.0650. The molecule has 2 aromatic rings. The number of nitrogens with zero attached hydrogens (tertiary/aromatic N) is 3. The number of likely N-dealkylation sites (tertiary alicyclic amines) is 1. The van der Waals surface area contributed by atoms with Crippen molar-refractivity contribution in [2.45, 2.75) is 37.5 Å². The molecule has 2 fully saturated rings. The fourth-order valence-corrected chi connectivity index (χ4v) is 5.69. The summed E-state index contributed by atoms with van der Waals surface area (Å²) in [5, 5.41) is 0. The number of amides is 1. The van der Waals surface area contributed by atoms with Crippen LogP contribution < -0.4 is 4.90 Å². The van der Waals surface area contributed by atoms with Crippen LogP contribution in [0.25, 0.3) is 0 Å². The Morgan fingerprint density at radius 3 is 2.12 bits per heavy atom. The maximum Gasteiger partial charge on any atom is 0.256 e. The van der Waals surface area contributed by atoms with Gasteiger partial charge in [0.25, 0.3) is 5.91 Å². The molecule has 2 aromatic carbocycles. The zero-order chi connectivity index (χ0) is 24.5. The summed E-state index contributed by atoms with van der Waals surface area (Å²) >= 11 is 0. The van der Waals surface area contributed by atoms with Crippen molar-refractivity contribution in [2.75, 3.05) is 45.2 Å². The van der Waals surface area contributed by atoms with Gasteiger partial charge in [-0.25, -0.2) is 12.7 Å². The van der Waals surface area contributed by atoms with Gasteiger partial charge < -0.3 is 9.80 Å². The van der Waals surface area contributed by atoms with Crippen molar-refractivity contribution in [3.63, 3.8) is 0 Å². The summed E-state index contributed by atoms with van der Waals surface area (Å²) in [5.41, 5.74) is 3.05. The number of Topliss-reactive ketones (excluding diaryl/α,β-unsaturated/α-hetero) is 1. The minimum absolute atomic E-state index is 0.106. The molecule has 0 atom stereocenters. The standard InChI is InChI=1S/C26H33N3O4S/c1-19-6-8-20(9-7-19)25(30)21-12-16-29(17-13-21)26(31)23-18-22(34(32,33)27(2)3)10-11-24(23)28-14-4-5-15-28/h6-11,18,21H,4-5,12-17H2,1-3H3. The number of piperidine rings is 1. The summed E-state index contributed by atoms with van der Waals surface area (Å²) in [6.45, 7) is 4.66. The predicted molar refractivity (Wildman–Crippen MR) is 133 cm³/mol. The van der Waals surface area contributed by atoms with Crippen molar-refractivity contribution in [1.29, 1.82) is 0 Å². The maximum atomic E-state index is 13.6. The van der Waals surface area contributed by atoms with Crippen molar-refractivity contribution in [2.24, 2.45) is 5.92 Å². The molecular formula is C26H33N3O4S. The first-order chi connectivity index (χ1) is 16.2. The number of aryl methyl sites for hydroxylation is 1. The van der Waals surface area contributed by atoms with E-state index in [2.05, 4.69) is 4.90 Å². The molecular weight excluding hydrogens is 450 g/mol. The third kappa shape index (κ3) is 4.88. The van der Waals surface area contributed by atoms with E-state index in [0.717, 1.165) is 41.5 Å². The average molecular weight is 484 g/mol. The molecule has 182 valence electrons. The van der Waals surface area contributed by atoms with Crippen molar-refractivity contribution < 1.29 is 18.0 Å². The SMILES string of the molecule is Cc1ccc(C(=O)C2CCN(C(=O)c3cc(S(=O)(=O)N(C)C)ccc3N3CCCC3)CC2)cc1. The van der Waals surface area contributed by atoms with Gasteiger partial charge in [-0.15, -0.1) is 0 Å². The predicted octanol–water partition coefficient (Wildman–Crippen LogP) is 3.58. The Bertz CT molecular complexity index is 1160. The minimum Gasteiger partial charge on any atom is -0.371 e. The number of rotatable bonds is 6. The molecule has 0 unspecified atom stereocenters. The maximum absolute atomic E-state index is 13.6. The van der Waals surface area contributed by atoms with Crippen LogP contribution in [0.4, 0.5) is 5.69 Å². The molecule has 0 aromatic heterocycles. The quantitative estimate of drug-likeness (QED) is 0.587. The Morgan fingerprint density at radius 1 is 0.912 bits per heavy atom. The lowest BCUT2D eigenvalue weighted by atomic mass is 9.88. The van der Waals surface area contributed by atoms with Crippen LogP contribution in [0.5, 0.6) is 0 Å². The number of ketones is 1. The monoisotopic (exact) mass is 483 g/mol. The van der Waals surface area contributed by atoms with E-state index in [4.69, 9.17) is 0 Å². The summed E-state index contributed by atoms with van der Waals surface area (Å²) < 4.78 is 26.6. The number of sulfonamides is 1. The lowest BCUT2D eigenvalue weighted by Crippen LogP contribution is -2.41. The molecule has 8 heteroatoms. The highest BCUT2D eigenvalue weighted by molar-refractivity contribution is 7.89. The first-order valence-corrected chi connectivity index (χ1v) is 13.3. The van der Waals surface area contributed by atoms with Crippen molar-refractivity contribution in [1.82, 2.24) is 9.21 Å². The lowest BCUT2D eigenvalue weighted by Gasteiger charge is -2.33. The Balaban J connectivity index is 1.55. The van der Waals surface area contributed by atoms with Gasteiger partial charge in [-0.3, -0.25) is 9.59 Å². The van der Waals surface area contributed by atoms with Crippen LogP contribution in [0.3, 0.4) is 0 Å². The summed E-state index contributed by atoms with van der Waals surface area (Å²) in [6, 6.07) is 12.5. The molecule has 1 amide bonds. The van der Waals surface area contributed by atoms with Gasteiger partial charge in [-0.05, 0) is 50.8 Å². The third-order valence-corrected chi connectivity index (χ3v) is 8.72. The van der Waals surface area contributed by atoms with Crippen LogP contribution in [-0.4, -0.2) is 69.6 Å². The zero-order valence-electron chi connectivity index (χ0n) is 20.2. The average Bonchev–Trinajstić information content (AvgIpc) is 3.38. The molecule has 0 aliphatic carbocycles. The van der Waals surface area contributed by atoms with Gasteiger partial charge in [0.05, 0.1) is 10.5 Å². The molecule has 0 spiro atoms. The summed E-state index contributed by atoms with van der Waals surface area (Å²) in [4.78, 5) is 30.6. The van der Waals surface area contributed by atoms with Crippen LogP contribution in [0.15, 0.2) is 47.4 Å². The van der Waals surface area contributed by atoms with Crippen molar-refractivity contribution >= 4 is 27.4 Å². The summed E-state index contributed by atoms with van der Waals surface area (Å²) in [6.07, 6.45) is 3.32. The highest BCUT2D eigenvalue weighted by Crippen LogP contribution is 2.31. The van der Waals surface area contributed by atoms with Crippen LogP contribution in [0.2, 0.25) is 0 Å². The van der Waals surface area contributed by atoms with Crippen LogP contribution in [0, 0.1) is 12.8 Å². The van der Waals surface area contributed by atoms with E-state index in [0.29, 0.717) is 37.1 Å². The van der Waals surface area contributed by atoms with E-state index in [9.17, 15) is 18.0 Å². The second-order valence-corrected chi connectivity index (χ2v) is 11.6.